The Balaban J connectivity index is 1.75. The second-order valence-corrected chi connectivity index (χ2v) is 5.94. The lowest BCUT2D eigenvalue weighted by atomic mass is 9.77. The lowest BCUT2D eigenvalue weighted by molar-refractivity contribution is 0.176. The van der Waals surface area contributed by atoms with Crippen molar-refractivity contribution in [2.24, 2.45) is 5.92 Å². The third kappa shape index (κ3) is 2.71. The van der Waals surface area contributed by atoms with Crippen LogP contribution in [0.4, 0.5) is 0 Å². The summed E-state index contributed by atoms with van der Waals surface area (Å²) in [6.45, 7) is 2.01. The molecule has 19 heavy (non-hydrogen) atoms. The van der Waals surface area contributed by atoms with Crippen LogP contribution in [0.15, 0.2) is 24.3 Å². The highest BCUT2D eigenvalue weighted by Crippen LogP contribution is 2.36. The van der Waals surface area contributed by atoms with Crippen molar-refractivity contribution in [3.63, 3.8) is 0 Å². The zero-order valence-electron chi connectivity index (χ0n) is 11.3. The third-order valence-corrected chi connectivity index (χ3v) is 4.83. The van der Waals surface area contributed by atoms with E-state index in [4.69, 9.17) is 0 Å². The molecule has 0 amide bonds. The van der Waals surface area contributed by atoms with Crippen molar-refractivity contribution in [1.29, 1.82) is 0 Å². The van der Waals surface area contributed by atoms with Gasteiger partial charge in [-0.2, -0.15) is 0 Å². The average Bonchev–Trinajstić information content (AvgIpc) is 2.83. The first-order valence-electron chi connectivity index (χ1n) is 7.43. The number of rotatable bonds is 3. The smallest absolute Gasteiger partial charge is 0.423 e. The number of hydrogen-bond acceptors (Lipinski definition) is 3. The van der Waals surface area contributed by atoms with Gasteiger partial charge in [-0.1, -0.05) is 37.1 Å². The molecule has 2 unspecified atom stereocenters. The van der Waals surface area contributed by atoms with Crippen molar-refractivity contribution in [1.82, 2.24) is 4.90 Å². The molecule has 2 fully saturated rings. The molecule has 2 aliphatic rings. The van der Waals surface area contributed by atoms with Gasteiger partial charge in [0.25, 0.3) is 0 Å². The van der Waals surface area contributed by atoms with E-state index >= 15 is 0 Å². The highest BCUT2D eigenvalue weighted by Gasteiger charge is 2.35. The van der Waals surface area contributed by atoms with Crippen molar-refractivity contribution in [2.75, 3.05) is 6.54 Å². The summed E-state index contributed by atoms with van der Waals surface area (Å²) in [5, 5.41) is 18.9. The van der Waals surface area contributed by atoms with Gasteiger partial charge >= 0.3 is 7.12 Å². The van der Waals surface area contributed by atoms with Gasteiger partial charge in [0.05, 0.1) is 0 Å². The van der Waals surface area contributed by atoms with E-state index in [2.05, 4.69) is 4.90 Å². The van der Waals surface area contributed by atoms with Gasteiger partial charge in [-0.15, -0.1) is 0 Å². The summed E-state index contributed by atoms with van der Waals surface area (Å²) < 4.78 is 0. The van der Waals surface area contributed by atoms with E-state index in [9.17, 15) is 10.0 Å². The van der Waals surface area contributed by atoms with E-state index in [0.717, 1.165) is 30.6 Å². The predicted octanol–water partition coefficient (Wildman–Crippen LogP) is 1.13. The number of nitrogens with zero attached hydrogens (tertiary/aromatic N) is 1. The Morgan fingerprint density at radius 2 is 1.89 bits per heavy atom. The largest absolute Gasteiger partial charge is 0.488 e. The van der Waals surface area contributed by atoms with E-state index in [1.807, 2.05) is 24.3 Å². The van der Waals surface area contributed by atoms with Crippen molar-refractivity contribution >= 4 is 12.6 Å². The highest BCUT2D eigenvalue weighted by molar-refractivity contribution is 6.59. The van der Waals surface area contributed by atoms with Gasteiger partial charge in [0.2, 0.25) is 0 Å². The van der Waals surface area contributed by atoms with Gasteiger partial charge in [0, 0.05) is 12.6 Å². The van der Waals surface area contributed by atoms with E-state index in [-0.39, 0.29) is 0 Å². The minimum atomic E-state index is -1.36. The Kier molecular flexibility index (Phi) is 3.92. The van der Waals surface area contributed by atoms with Crippen LogP contribution >= 0.6 is 0 Å². The minimum Gasteiger partial charge on any atom is -0.423 e. The molecule has 1 aliphatic heterocycles. The van der Waals surface area contributed by atoms with Crippen LogP contribution in [0.5, 0.6) is 0 Å². The fourth-order valence-corrected chi connectivity index (χ4v) is 3.85. The van der Waals surface area contributed by atoms with Crippen LogP contribution in [0.1, 0.15) is 37.7 Å². The molecule has 3 nitrogen and oxygen atoms in total. The second kappa shape index (κ2) is 5.65. The molecule has 0 bridgehead atoms. The summed E-state index contributed by atoms with van der Waals surface area (Å²) in [5.41, 5.74) is 1.71. The molecular weight excluding hydrogens is 237 g/mol. The molecule has 2 N–H and O–H groups in total. The third-order valence-electron chi connectivity index (χ3n) is 4.83. The molecule has 2 atom stereocenters. The molecule has 3 rings (SSSR count). The fourth-order valence-electron chi connectivity index (χ4n) is 3.85. The molecule has 0 aromatic heterocycles. The Morgan fingerprint density at radius 1 is 1.11 bits per heavy atom. The lowest BCUT2D eigenvalue weighted by Gasteiger charge is -2.32. The Morgan fingerprint density at radius 3 is 2.74 bits per heavy atom. The molecule has 0 spiro atoms. The van der Waals surface area contributed by atoms with Gasteiger partial charge in [0.15, 0.2) is 0 Å². The highest BCUT2D eigenvalue weighted by atomic mass is 16.4. The predicted molar refractivity (Wildman–Crippen MR) is 77.0 cm³/mol. The number of fused-ring (bicyclic) bond motifs is 1. The van der Waals surface area contributed by atoms with Gasteiger partial charge < -0.3 is 10.0 Å². The maximum absolute atomic E-state index is 9.45. The SMILES string of the molecule is OB(O)c1ccccc1CN1CCC2CCCCC21. The van der Waals surface area contributed by atoms with Crippen molar-refractivity contribution in [3.8, 4) is 0 Å². The summed E-state index contributed by atoms with van der Waals surface area (Å²) in [5.74, 6) is 0.875. The van der Waals surface area contributed by atoms with Crippen molar-refractivity contribution in [2.45, 2.75) is 44.7 Å². The Hall–Kier alpha value is -0.835. The Bertz CT molecular complexity index is 438. The molecule has 1 aromatic carbocycles. The molecule has 1 saturated heterocycles. The molecule has 1 saturated carbocycles. The molecule has 1 aliphatic carbocycles. The average molecular weight is 259 g/mol. The van der Waals surface area contributed by atoms with Gasteiger partial charge in [-0.05, 0) is 42.8 Å². The molecule has 1 heterocycles. The zero-order chi connectivity index (χ0) is 13.2. The van der Waals surface area contributed by atoms with E-state index in [0.29, 0.717) is 5.46 Å². The van der Waals surface area contributed by atoms with Crippen molar-refractivity contribution in [3.05, 3.63) is 29.8 Å². The number of likely N-dealkylation sites (tertiary alicyclic amines) is 1. The lowest BCUT2D eigenvalue weighted by Crippen LogP contribution is -2.38. The summed E-state index contributed by atoms with van der Waals surface area (Å²) in [4.78, 5) is 2.55. The van der Waals surface area contributed by atoms with E-state index in [1.165, 1.54) is 32.1 Å². The van der Waals surface area contributed by atoms with Crippen LogP contribution in [0, 0.1) is 5.92 Å². The zero-order valence-corrected chi connectivity index (χ0v) is 11.3. The normalized spacial score (nSPS) is 27.3. The van der Waals surface area contributed by atoms with Crippen LogP contribution < -0.4 is 5.46 Å². The van der Waals surface area contributed by atoms with Crippen LogP contribution in [0.25, 0.3) is 0 Å². The summed E-state index contributed by atoms with van der Waals surface area (Å²) >= 11 is 0. The summed E-state index contributed by atoms with van der Waals surface area (Å²) in [7, 11) is -1.36. The molecule has 0 radical (unpaired) electrons. The first kappa shape index (κ1) is 13.2. The van der Waals surface area contributed by atoms with Crippen LogP contribution in [-0.4, -0.2) is 34.7 Å². The summed E-state index contributed by atoms with van der Waals surface area (Å²) in [6, 6.07) is 8.40. The first-order valence-corrected chi connectivity index (χ1v) is 7.43. The van der Waals surface area contributed by atoms with Crippen molar-refractivity contribution < 1.29 is 10.0 Å². The molecule has 102 valence electrons. The van der Waals surface area contributed by atoms with Crippen LogP contribution in [0.3, 0.4) is 0 Å². The van der Waals surface area contributed by atoms with E-state index < -0.39 is 7.12 Å². The molecular formula is C15H22BNO2. The number of benzene rings is 1. The molecule has 4 heteroatoms. The summed E-state index contributed by atoms with van der Waals surface area (Å²) in [6.07, 6.45) is 6.75. The van der Waals surface area contributed by atoms with Gasteiger partial charge in [-0.25, -0.2) is 0 Å². The first-order chi connectivity index (χ1) is 9.25. The minimum absolute atomic E-state index is 0.654. The second-order valence-electron chi connectivity index (χ2n) is 5.94. The van der Waals surface area contributed by atoms with Crippen LogP contribution in [-0.2, 0) is 6.54 Å². The maximum Gasteiger partial charge on any atom is 0.488 e. The standard InChI is InChI=1S/C15H22BNO2/c18-16(19)14-7-3-1-6-13(14)11-17-10-9-12-5-2-4-8-15(12)17/h1,3,6-7,12,15,18-19H,2,4-5,8-11H2. The number of hydrogen-bond donors (Lipinski definition) is 2. The topological polar surface area (TPSA) is 43.7 Å². The van der Waals surface area contributed by atoms with Crippen LogP contribution in [0.2, 0.25) is 0 Å². The maximum atomic E-state index is 9.45. The molecule has 1 aromatic rings. The fraction of sp³-hybridized carbons (Fsp3) is 0.600. The van der Waals surface area contributed by atoms with Gasteiger partial charge in [-0.3, -0.25) is 4.90 Å². The Labute approximate surface area is 115 Å². The quantitative estimate of drug-likeness (QED) is 0.800. The monoisotopic (exact) mass is 259 g/mol. The van der Waals surface area contributed by atoms with E-state index in [1.54, 1.807) is 0 Å². The van der Waals surface area contributed by atoms with Gasteiger partial charge in [0.1, 0.15) is 0 Å².